The van der Waals surface area contributed by atoms with Crippen LogP contribution in [0.1, 0.15) is 19.8 Å². The van der Waals surface area contributed by atoms with E-state index >= 15 is 0 Å². The third kappa shape index (κ3) is 23.8. The molecule has 0 unspecified atom stereocenters. The minimum absolute atomic E-state index is 0. The summed E-state index contributed by atoms with van der Waals surface area (Å²) in [5, 5.41) is 0. The normalized spacial score (nSPS) is 5.00. The molecule has 0 aliphatic heterocycles. The van der Waals surface area contributed by atoms with E-state index < -0.39 is 0 Å². The molecule has 0 fully saturated rings. The predicted octanol–water partition coefficient (Wildman–Crippen LogP) is -2.20. The molecule has 0 aliphatic rings. The Bertz CT molecular complexity index is 9.51. The molecule has 1 nitrogen and oxygen atoms in total. The second-order valence-electron chi connectivity index (χ2n) is 0.854. The first-order chi connectivity index (χ1) is 1.91. The molecule has 0 saturated carbocycles. The Hall–Kier alpha value is 0.557. The van der Waals surface area contributed by atoms with Crippen LogP contribution >= 0.6 is 0 Å². The topological polar surface area (TPSA) is 31.5 Å². The second-order valence-corrected chi connectivity index (χ2v) is 0.854. The van der Waals surface area contributed by atoms with Crippen LogP contribution in [-0.4, -0.2) is 5.48 Å². The van der Waals surface area contributed by atoms with Crippen molar-refractivity contribution in [3.8, 4) is 0 Å². The van der Waals surface area contributed by atoms with Crippen LogP contribution in [0, 0.1) is 6.92 Å². The molecule has 0 atom stereocenters. The zero-order chi connectivity index (χ0) is 3.41. The summed E-state index contributed by atoms with van der Waals surface area (Å²) in [6, 6.07) is 0. The van der Waals surface area contributed by atoms with E-state index in [0.29, 0.717) is 0 Å². The van der Waals surface area contributed by atoms with Gasteiger partial charge in [0.1, 0.15) is 0 Å². The van der Waals surface area contributed by atoms with Crippen LogP contribution in [0.5, 0.6) is 0 Å². The molecule has 0 heterocycles. The fourth-order valence-electron chi connectivity index (χ4n) is 0. The predicted molar refractivity (Wildman–Crippen MR) is 23.9 cm³/mol. The molecule has 0 rings (SSSR count). The van der Waals surface area contributed by atoms with Gasteiger partial charge in [-0.25, -0.2) is 0 Å². The largest absolute Gasteiger partial charge is 1.00 e. The Kier molecular flexibility index (Phi) is 47.1. The molecule has 34 valence electrons. The minimum Gasteiger partial charge on any atom is -0.412 e. The Morgan fingerprint density at radius 1 is 1.50 bits per heavy atom. The summed E-state index contributed by atoms with van der Waals surface area (Å²) >= 11 is 0. The standard InChI is InChI=1S/C4H9.Li.H2O/c1-3-4-2;;/h1,3-4H2,2H3;;1H2/q-1;+1;. The van der Waals surface area contributed by atoms with Crippen molar-refractivity contribution in [3.05, 3.63) is 6.92 Å². The summed E-state index contributed by atoms with van der Waals surface area (Å²) in [4.78, 5) is 0. The van der Waals surface area contributed by atoms with Gasteiger partial charge in [-0.05, 0) is 0 Å². The van der Waals surface area contributed by atoms with Crippen molar-refractivity contribution in [2.45, 2.75) is 19.8 Å². The Labute approximate surface area is 51.6 Å². The van der Waals surface area contributed by atoms with E-state index in [1.807, 2.05) is 0 Å². The van der Waals surface area contributed by atoms with Crippen LogP contribution < -0.4 is 18.9 Å². The molecule has 2 N–H and O–H groups in total. The van der Waals surface area contributed by atoms with Gasteiger partial charge in [-0.15, -0.1) is 0 Å². The van der Waals surface area contributed by atoms with E-state index in [-0.39, 0.29) is 24.3 Å². The average molecular weight is 82.1 g/mol. The molecular formula is C4H11LiO. The first-order valence-corrected chi connectivity index (χ1v) is 1.71. The van der Waals surface area contributed by atoms with E-state index in [0.717, 1.165) is 6.42 Å². The van der Waals surface area contributed by atoms with Crippen molar-refractivity contribution in [3.63, 3.8) is 0 Å². The summed E-state index contributed by atoms with van der Waals surface area (Å²) in [7, 11) is 0. The molecule has 0 aromatic heterocycles. The Balaban J connectivity index is -0.0000000450. The molecule has 6 heavy (non-hydrogen) atoms. The van der Waals surface area contributed by atoms with Gasteiger partial charge in [-0.3, -0.25) is 0 Å². The van der Waals surface area contributed by atoms with Crippen molar-refractivity contribution in [1.82, 2.24) is 0 Å². The zero-order valence-electron chi connectivity index (χ0n) is 4.62. The van der Waals surface area contributed by atoms with E-state index in [1.54, 1.807) is 0 Å². The minimum atomic E-state index is 0. The van der Waals surface area contributed by atoms with E-state index in [1.165, 1.54) is 6.42 Å². The number of unbranched alkanes of at least 4 members (excludes halogenated alkanes) is 1. The van der Waals surface area contributed by atoms with Gasteiger partial charge in [0.05, 0.1) is 0 Å². The summed E-state index contributed by atoms with van der Waals surface area (Å²) in [5.41, 5.74) is 0. The third-order valence-electron chi connectivity index (χ3n) is 0.354. The fraction of sp³-hybridized carbons (Fsp3) is 0.750. The van der Waals surface area contributed by atoms with E-state index in [9.17, 15) is 0 Å². The summed E-state index contributed by atoms with van der Waals surface area (Å²) in [6.07, 6.45) is 2.28. The molecule has 0 aliphatic carbocycles. The van der Waals surface area contributed by atoms with Crippen LogP contribution in [-0.2, 0) is 0 Å². The fourth-order valence-corrected chi connectivity index (χ4v) is 0. The van der Waals surface area contributed by atoms with Crippen molar-refractivity contribution >= 4 is 0 Å². The Morgan fingerprint density at radius 3 is 1.67 bits per heavy atom. The molecule has 0 amide bonds. The maximum Gasteiger partial charge on any atom is 1.00 e. The van der Waals surface area contributed by atoms with Gasteiger partial charge in [-0.1, -0.05) is 13.3 Å². The monoisotopic (exact) mass is 82.1 g/mol. The molecule has 0 aromatic carbocycles. The molecule has 0 saturated heterocycles. The summed E-state index contributed by atoms with van der Waals surface area (Å²) < 4.78 is 0. The van der Waals surface area contributed by atoms with Gasteiger partial charge in [-0.2, -0.15) is 6.42 Å². The van der Waals surface area contributed by atoms with Gasteiger partial charge in [0, 0.05) is 0 Å². The number of hydrogen-bond donors (Lipinski definition) is 0. The van der Waals surface area contributed by atoms with Crippen LogP contribution in [0.2, 0.25) is 0 Å². The van der Waals surface area contributed by atoms with Crippen LogP contribution in [0.25, 0.3) is 0 Å². The van der Waals surface area contributed by atoms with Crippen molar-refractivity contribution in [2.75, 3.05) is 0 Å². The zero-order valence-corrected chi connectivity index (χ0v) is 4.62. The molecule has 0 radical (unpaired) electrons. The average Bonchev–Trinajstić information content (AvgIpc) is 1.37. The van der Waals surface area contributed by atoms with Gasteiger partial charge < -0.3 is 12.4 Å². The molecule has 0 spiro atoms. The SMILES string of the molecule is O.[CH2-]CCC.[Li+]. The van der Waals surface area contributed by atoms with Crippen molar-refractivity contribution < 1.29 is 24.3 Å². The van der Waals surface area contributed by atoms with Crippen molar-refractivity contribution in [1.29, 1.82) is 0 Å². The van der Waals surface area contributed by atoms with Gasteiger partial charge >= 0.3 is 18.9 Å². The second kappa shape index (κ2) is 17.6. The van der Waals surface area contributed by atoms with Crippen LogP contribution in [0.4, 0.5) is 0 Å². The van der Waals surface area contributed by atoms with E-state index in [4.69, 9.17) is 0 Å². The maximum absolute atomic E-state index is 3.60. The Morgan fingerprint density at radius 2 is 1.67 bits per heavy atom. The summed E-state index contributed by atoms with van der Waals surface area (Å²) in [5.74, 6) is 0. The van der Waals surface area contributed by atoms with Crippen molar-refractivity contribution in [2.24, 2.45) is 0 Å². The quantitative estimate of drug-likeness (QED) is 0.254. The smallest absolute Gasteiger partial charge is 0.412 e. The van der Waals surface area contributed by atoms with Crippen LogP contribution in [0.3, 0.4) is 0 Å². The molecule has 0 bridgehead atoms. The van der Waals surface area contributed by atoms with Gasteiger partial charge in [0.25, 0.3) is 0 Å². The first-order valence-electron chi connectivity index (χ1n) is 1.71. The maximum atomic E-state index is 3.60. The number of rotatable bonds is 1. The van der Waals surface area contributed by atoms with Gasteiger partial charge in [0.2, 0.25) is 0 Å². The molecule has 2 heteroatoms. The molecular weight excluding hydrogens is 71.0 g/mol. The van der Waals surface area contributed by atoms with Crippen LogP contribution in [0.15, 0.2) is 0 Å². The first kappa shape index (κ1) is 16.0. The number of hydrogen-bond acceptors (Lipinski definition) is 0. The molecule has 0 aromatic rings. The third-order valence-corrected chi connectivity index (χ3v) is 0.354. The summed E-state index contributed by atoms with van der Waals surface area (Å²) in [6.45, 7) is 5.72. The van der Waals surface area contributed by atoms with E-state index in [2.05, 4.69) is 13.8 Å². The van der Waals surface area contributed by atoms with Gasteiger partial charge in [0.15, 0.2) is 0 Å².